The summed E-state index contributed by atoms with van der Waals surface area (Å²) >= 11 is 7.86. The lowest BCUT2D eigenvalue weighted by molar-refractivity contribution is 0.300. The van der Waals surface area contributed by atoms with Crippen molar-refractivity contribution >= 4 is 39.0 Å². The number of anilines is 1. The van der Waals surface area contributed by atoms with E-state index in [-0.39, 0.29) is 11.6 Å². The van der Waals surface area contributed by atoms with Gasteiger partial charge in [-0.2, -0.15) is 0 Å². The molecule has 0 unspecified atom stereocenters. The highest BCUT2D eigenvalue weighted by Crippen LogP contribution is 2.34. The monoisotopic (exact) mass is 456 g/mol. The van der Waals surface area contributed by atoms with Crippen LogP contribution in [0.5, 0.6) is 5.75 Å². The van der Waals surface area contributed by atoms with E-state index in [2.05, 4.69) is 25.6 Å². The fraction of sp³-hybridized carbons (Fsp3) is 0.333. The minimum atomic E-state index is -0.256. The first-order chi connectivity index (χ1) is 15.0. The maximum atomic E-state index is 12.8. The minimum Gasteiger partial charge on any atom is -0.492 e. The summed E-state index contributed by atoms with van der Waals surface area (Å²) in [6.07, 6.45) is 5.83. The lowest BCUT2D eigenvalue weighted by Crippen LogP contribution is -2.19. The fourth-order valence-corrected chi connectivity index (χ4v) is 4.48. The predicted octanol–water partition coefficient (Wildman–Crippen LogP) is 4.49. The van der Waals surface area contributed by atoms with Crippen LogP contribution in [0, 0.1) is 12.8 Å². The topological polar surface area (TPSA) is 97.7 Å². The van der Waals surface area contributed by atoms with Crippen LogP contribution in [0.1, 0.15) is 37.1 Å². The number of thiazole rings is 1. The van der Waals surface area contributed by atoms with E-state index in [0.29, 0.717) is 39.5 Å². The van der Waals surface area contributed by atoms with Gasteiger partial charge in [-0.25, -0.2) is 9.67 Å². The third-order valence-electron chi connectivity index (χ3n) is 5.33. The SMILES string of the molecule is Cc1cnnn1-c1cnc(N[C@@H](C)c2cc3cc(Cl)c(OCC4CC4)cc3[nH]c2=O)s1. The Morgan fingerprint density at radius 2 is 2.19 bits per heavy atom. The second kappa shape index (κ2) is 7.97. The zero-order chi connectivity index (χ0) is 21.5. The molecule has 1 fully saturated rings. The molecule has 1 saturated carbocycles. The van der Waals surface area contributed by atoms with Crippen molar-refractivity contribution in [3.63, 3.8) is 0 Å². The number of H-pyrrole nitrogens is 1. The van der Waals surface area contributed by atoms with E-state index in [1.807, 2.05) is 26.0 Å². The van der Waals surface area contributed by atoms with Crippen molar-refractivity contribution in [2.45, 2.75) is 32.7 Å². The van der Waals surface area contributed by atoms with Gasteiger partial charge in [-0.1, -0.05) is 28.2 Å². The molecule has 1 aliphatic rings. The van der Waals surface area contributed by atoms with Gasteiger partial charge in [-0.15, -0.1) is 5.10 Å². The van der Waals surface area contributed by atoms with E-state index in [4.69, 9.17) is 16.3 Å². The quantitative estimate of drug-likeness (QED) is 0.425. The summed E-state index contributed by atoms with van der Waals surface area (Å²) in [5.74, 6) is 1.23. The van der Waals surface area contributed by atoms with Crippen LogP contribution < -0.4 is 15.6 Å². The molecular formula is C21H21ClN6O2S. The molecule has 160 valence electrons. The Labute approximate surface area is 187 Å². The van der Waals surface area contributed by atoms with Crippen molar-refractivity contribution in [3.05, 3.63) is 57.2 Å². The molecule has 8 nitrogen and oxygen atoms in total. The molecule has 5 rings (SSSR count). The highest BCUT2D eigenvalue weighted by Gasteiger charge is 2.22. The van der Waals surface area contributed by atoms with E-state index >= 15 is 0 Å². The average molecular weight is 457 g/mol. The lowest BCUT2D eigenvalue weighted by Gasteiger charge is -2.14. The van der Waals surface area contributed by atoms with E-state index in [1.165, 1.54) is 24.2 Å². The average Bonchev–Trinajstić information content (AvgIpc) is 3.30. The third kappa shape index (κ3) is 4.15. The number of pyridine rings is 1. The van der Waals surface area contributed by atoms with Crippen LogP contribution >= 0.6 is 22.9 Å². The number of benzene rings is 1. The summed E-state index contributed by atoms with van der Waals surface area (Å²) in [5.41, 5.74) is 2.07. The van der Waals surface area contributed by atoms with Crippen LogP contribution in [0.2, 0.25) is 5.02 Å². The van der Waals surface area contributed by atoms with Crippen molar-refractivity contribution in [1.29, 1.82) is 0 Å². The summed E-state index contributed by atoms with van der Waals surface area (Å²) in [6.45, 7) is 4.52. The summed E-state index contributed by atoms with van der Waals surface area (Å²) < 4.78 is 7.55. The predicted molar refractivity (Wildman–Crippen MR) is 122 cm³/mol. The molecule has 31 heavy (non-hydrogen) atoms. The number of rotatable bonds is 7. The Kier molecular flexibility index (Phi) is 5.15. The Morgan fingerprint density at radius 1 is 1.35 bits per heavy atom. The van der Waals surface area contributed by atoms with Crippen LogP contribution in [0.3, 0.4) is 0 Å². The number of ether oxygens (including phenoxy) is 1. The van der Waals surface area contributed by atoms with Gasteiger partial charge in [-0.3, -0.25) is 4.79 Å². The number of halogens is 1. The highest BCUT2D eigenvalue weighted by atomic mass is 35.5. The second-order valence-electron chi connectivity index (χ2n) is 7.83. The van der Waals surface area contributed by atoms with Crippen molar-refractivity contribution in [1.82, 2.24) is 25.0 Å². The maximum Gasteiger partial charge on any atom is 0.253 e. The molecule has 1 aliphatic carbocycles. The summed E-state index contributed by atoms with van der Waals surface area (Å²) in [7, 11) is 0. The molecule has 10 heteroatoms. The lowest BCUT2D eigenvalue weighted by atomic mass is 10.1. The molecule has 0 spiro atoms. The smallest absolute Gasteiger partial charge is 0.253 e. The first-order valence-corrected chi connectivity index (χ1v) is 11.3. The van der Waals surface area contributed by atoms with Gasteiger partial charge in [0.1, 0.15) is 10.8 Å². The Morgan fingerprint density at radius 3 is 2.94 bits per heavy atom. The number of hydrogen-bond acceptors (Lipinski definition) is 7. The molecule has 0 amide bonds. The molecular weight excluding hydrogens is 436 g/mol. The number of fused-ring (bicyclic) bond motifs is 1. The van der Waals surface area contributed by atoms with Crippen LogP contribution in [0.4, 0.5) is 5.13 Å². The van der Waals surface area contributed by atoms with Crippen LogP contribution in [-0.4, -0.2) is 31.6 Å². The van der Waals surface area contributed by atoms with Gasteiger partial charge in [0.05, 0.1) is 41.3 Å². The minimum absolute atomic E-state index is 0.160. The molecule has 0 radical (unpaired) electrons. The number of nitrogens with one attached hydrogen (secondary N) is 2. The number of nitrogens with zero attached hydrogens (tertiary/aromatic N) is 4. The Balaban J connectivity index is 1.38. The van der Waals surface area contributed by atoms with Crippen molar-refractivity contribution in [2.75, 3.05) is 11.9 Å². The van der Waals surface area contributed by atoms with E-state index in [1.54, 1.807) is 23.1 Å². The van der Waals surface area contributed by atoms with Crippen molar-refractivity contribution < 1.29 is 4.74 Å². The van der Waals surface area contributed by atoms with Gasteiger partial charge >= 0.3 is 0 Å². The molecule has 0 saturated heterocycles. The van der Waals surface area contributed by atoms with E-state index in [9.17, 15) is 4.79 Å². The molecule has 0 aliphatic heterocycles. The van der Waals surface area contributed by atoms with Crippen molar-refractivity contribution in [2.24, 2.45) is 5.92 Å². The summed E-state index contributed by atoms with van der Waals surface area (Å²) in [4.78, 5) is 20.1. The standard InChI is InChI=1S/C21H21ClN6O2S/c1-11-8-24-27-28(11)19-9-23-21(31-19)25-12(2)15-5-14-6-16(22)18(30-10-13-3-4-13)7-17(14)26-20(15)29/h5-9,12-13H,3-4,10H2,1-2H3,(H,23,25)(H,26,29)/t12-/m0/s1. The van der Waals surface area contributed by atoms with Gasteiger partial charge in [0.2, 0.25) is 0 Å². The molecule has 4 aromatic rings. The van der Waals surface area contributed by atoms with Gasteiger partial charge in [0.15, 0.2) is 5.13 Å². The van der Waals surface area contributed by atoms with Crippen LogP contribution in [-0.2, 0) is 0 Å². The van der Waals surface area contributed by atoms with E-state index < -0.39 is 0 Å². The molecule has 3 aromatic heterocycles. The third-order valence-corrected chi connectivity index (χ3v) is 6.52. The number of aromatic amines is 1. The Bertz CT molecular complexity index is 1310. The van der Waals surface area contributed by atoms with Gasteiger partial charge in [-0.05, 0) is 44.7 Å². The number of aromatic nitrogens is 5. The maximum absolute atomic E-state index is 12.8. The zero-order valence-corrected chi connectivity index (χ0v) is 18.6. The van der Waals surface area contributed by atoms with Gasteiger partial charge in [0, 0.05) is 17.0 Å². The first kappa shape index (κ1) is 20.0. The second-order valence-corrected chi connectivity index (χ2v) is 9.25. The van der Waals surface area contributed by atoms with E-state index in [0.717, 1.165) is 16.1 Å². The largest absolute Gasteiger partial charge is 0.492 e. The molecule has 2 N–H and O–H groups in total. The summed E-state index contributed by atoms with van der Waals surface area (Å²) in [5, 5.41) is 14.2. The fourth-order valence-electron chi connectivity index (χ4n) is 3.35. The molecule has 1 atom stereocenters. The highest BCUT2D eigenvalue weighted by molar-refractivity contribution is 7.17. The van der Waals surface area contributed by atoms with Gasteiger partial charge in [0.25, 0.3) is 5.56 Å². The summed E-state index contributed by atoms with van der Waals surface area (Å²) in [6, 6.07) is 5.24. The van der Waals surface area contributed by atoms with Crippen LogP contribution in [0.15, 0.2) is 35.4 Å². The molecule has 0 bridgehead atoms. The van der Waals surface area contributed by atoms with Gasteiger partial charge < -0.3 is 15.0 Å². The molecule has 3 heterocycles. The first-order valence-electron chi connectivity index (χ1n) is 10.1. The van der Waals surface area contributed by atoms with Crippen molar-refractivity contribution in [3.8, 4) is 10.8 Å². The zero-order valence-electron chi connectivity index (χ0n) is 17.1. The van der Waals surface area contributed by atoms with Crippen LogP contribution in [0.25, 0.3) is 15.9 Å². The number of aryl methyl sites for hydroxylation is 1. The number of hydrogen-bond donors (Lipinski definition) is 2. The molecule has 1 aromatic carbocycles. The Hall–Kier alpha value is -2.91. The normalized spacial score (nSPS) is 14.7.